The Bertz CT molecular complexity index is 1060. The van der Waals surface area contributed by atoms with E-state index in [1.807, 2.05) is 11.4 Å². The first kappa shape index (κ1) is 20.3. The number of pyridine rings is 1. The van der Waals surface area contributed by atoms with Gasteiger partial charge in [-0.2, -0.15) is 0 Å². The number of hydrogen-bond donors (Lipinski definition) is 1. The van der Waals surface area contributed by atoms with E-state index in [1.54, 1.807) is 12.1 Å². The van der Waals surface area contributed by atoms with Crippen molar-refractivity contribution in [2.45, 2.75) is 0 Å². The summed E-state index contributed by atoms with van der Waals surface area (Å²) in [6.45, 7) is 1.38. The van der Waals surface area contributed by atoms with Gasteiger partial charge in [0.2, 0.25) is 5.88 Å². The van der Waals surface area contributed by atoms with Crippen molar-refractivity contribution < 1.29 is 13.7 Å². The van der Waals surface area contributed by atoms with Crippen molar-refractivity contribution in [2.75, 3.05) is 41.9 Å². The van der Waals surface area contributed by atoms with Crippen molar-refractivity contribution in [3.05, 3.63) is 40.4 Å². The Morgan fingerprint density at radius 3 is 2.83 bits per heavy atom. The zero-order valence-corrected chi connectivity index (χ0v) is 18.6. The lowest BCUT2D eigenvalue weighted by molar-refractivity contribution is 0.102. The lowest BCUT2D eigenvalue weighted by Crippen LogP contribution is -2.37. The highest BCUT2D eigenvalue weighted by Crippen LogP contribution is 2.42. The third-order valence-corrected chi connectivity index (χ3v) is 7.89. The number of nitrogens with one attached hydrogen (secondary N) is 1. The van der Waals surface area contributed by atoms with Crippen LogP contribution in [0.2, 0.25) is 5.02 Å². The maximum absolute atomic E-state index is 12.7. The number of ether oxygens (including phenoxy) is 1. The highest BCUT2D eigenvalue weighted by Gasteiger charge is 2.24. The van der Waals surface area contributed by atoms with Gasteiger partial charge < -0.3 is 9.64 Å². The van der Waals surface area contributed by atoms with Crippen LogP contribution in [-0.2, 0) is 10.8 Å². The summed E-state index contributed by atoms with van der Waals surface area (Å²) in [7, 11) is 0.726. The summed E-state index contributed by atoms with van der Waals surface area (Å²) in [4.78, 5) is 24.5. The molecule has 0 aromatic carbocycles. The molecule has 1 amide bonds. The second-order valence-electron chi connectivity index (χ2n) is 6.18. The van der Waals surface area contributed by atoms with Gasteiger partial charge in [-0.05, 0) is 12.1 Å². The van der Waals surface area contributed by atoms with E-state index >= 15 is 0 Å². The molecule has 1 N–H and O–H groups in total. The molecule has 0 aliphatic carbocycles. The topological polar surface area (TPSA) is 84.4 Å². The largest absolute Gasteiger partial charge is 0.481 e. The van der Waals surface area contributed by atoms with E-state index < -0.39 is 10.8 Å². The minimum Gasteiger partial charge on any atom is -0.481 e. The van der Waals surface area contributed by atoms with Crippen LogP contribution in [0, 0.1) is 0 Å². The Labute approximate surface area is 183 Å². The van der Waals surface area contributed by atoms with Crippen LogP contribution in [0.3, 0.4) is 0 Å². The fourth-order valence-electron chi connectivity index (χ4n) is 2.85. The van der Waals surface area contributed by atoms with Gasteiger partial charge >= 0.3 is 0 Å². The number of carbonyl (C=O) groups excluding carboxylic acids is 1. The molecule has 1 fully saturated rings. The number of nitrogens with zero attached hydrogens (tertiary/aromatic N) is 3. The molecular formula is C18H17ClN4O3S3. The van der Waals surface area contributed by atoms with Crippen molar-refractivity contribution >= 4 is 61.1 Å². The Balaban J connectivity index is 1.63. The maximum Gasteiger partial charge on any atom is 0.257 e. The molecule has 29 heavy (non-hydrogen) atoms. The number of thiazole rings is 1. The molecule has 3 aromatic rings. The monoisotopic (exact) mass is 468 g/mol. The molecule has 3 aromatic heterocycles. The van der Waals surface area contributed by atoms with Crippen molar-refractivity contribution in [3.63, 3.8) is 0 Å². The van der Waals surface area contributed by atoms with Crippen molar-refractivity contribution in [1.82, 2.24) is 9.97 Å². The highest BCUT2D eigenvalue weighted by molar-refractivity contribution is 7.85. The fourth-order valence-corrected chi connectivity index (χ4v) is 6.06. The van der Waals surface area contributed by atoms with Gasteiger partial charge in [0.15, 0.2) is 5.13 Å². The zero-order valence-electron chi connectivity index (χ0n) is 15.4. The molecule has 0 atom stereocenters. The minimum atomic E-state index is -0.776. The van der Waals surface area contributed by atoms with E-state index in [2.05, 4.69) is 20.2 Å². The van der Waals surface area contributed by atoms with E-state index in [9.17, 15) is 9.00 Å². The second-order valence-corrected chi connectivity index (χ2v) is 10.2. The normalized spacial score (nSPS) is 14.8. The lowest BCUT2D eigenvalue weighted by atomic mass is 10.2. The van der Waals surface area contributed by atoms with Crippen LogP contribution in [0.1, 0.15) is 10.4 Å². The van der Waals surface area contributed by atoms with Gasteiger partial charge in [0, 0.05) is 58.6 Å². The predicted octanol–water partition coefficient (Wildman–Crippen LogP) is 3.75. The molecule has 1 aliphatic heterocycles. The molecule has 0 unspecified atom stereocenters. The molecule has 0 spiro atoms. The average Bonchev–Trinajstić information content (AvgIpc) is 3.34. The average molecular weight is 469 g/mol. The molecule has 0 saturated carbocycles. The van der Waals surface area contributed by atoms with Crippen LogP contribution >= 0.6 is 34.3 Å². The Morgan fingerprint density at radius 1 is 1.34 bits per heavy atom. The van der Waals surface area contributed by atoms with Crippen LogP contribution in [-0.4, -0.2) is 51.8 Å². The van der Waals surface area contributed by atoms with Crippen LogP contribution in [0.4, 0.5) is 10.1 Å². The van der Waals surface area contributed by atoms with Crippen molar-refractivity contribution in [3.8, 4) is 16.5 Å². The number of aromatic nitrogens is 2. The summed E-state index contributed by atoms with van der Waals surface area (Å²) in [6.07, 6.45) is 1.52. The van der Waals surface area contributed by atoms with E-state index in [1.165, 1.54) is 36.0 Å². The molecule has 1 aliphatic rings. The summed E-state index contributed by atoms with van der Waals surface area (Å²) in [5.41, 5.74) is 1.21. The number of thiophene rings is 1. The van der Waals surface area contributed by atoms with Gasteiger partial charge in [-0.25, -0.2) is 9.97 Å². The number of hydrogen-bond acceptors (Lipinski definition) is 8. The van der Waals surface area contributed by atoms with Crippen LogP contribution in [0.15, 0.2) is 29.8 Å². The van der Waals surface area contributed by atoms with E-state index in [0.717, 1.165) is 15.6 Å². The molecule has 1 saturated heterocycles. The molecule has 4 heterocycles. The van der Waals surface area contributed by atoms with Gasteiger partial charge in [0.05, 0.1) is 17.0 Å². The van der Waals surface area contributed by atoms with Gasteiger partial charge in [0.1, 0.15) is 10.7 Å². The lowest BCUT2D eigenvalue weighted by Gasteiger charge is -2.27. The highest BCUT2D eigenvalue weighted by atomic mass is 35.5. The molecule has 152 valence electrons. The van der Waals surface area contributed by atoms with E-state index in [-0.39, 0.29) is 5.91 Å². The molecular weight excluding hydrogens is 452 g/mol. The van der Waals surface area contributed by atoms with Crippen LogP contribution < -0.4 is 15.0 Å². The quantitative estimate of drug-likeness (QED) is 0.613. The first-order valence-corrected chi connectivity index (χ1v) is 12.3. The fraction of sp³-hybridized carbons (Fsp3) is 0.278. The predicted molar refractivity (Wildman–Crippen MR) is 119 cm³/mol. The number of amides is 1. The summed E-state index contributed by atoms with van der Waals surface area (Å²) in [6, 6.07) is 5.06. The number of carbonyl (C=O) groups is 1. The smallest absolute Gasteiger partial charge is 0.257 e. The van der Waals surface area contributed by atoms with E-state index in [4.69, 9.17) is 16.3 Å². The molecule has 0 radical (unpaired) electrons. The number of methoxy groups -OCH3 is 1. The summed E-state index contributed by atoms with van der Waals surface area (Å²) < 4.78 is 16.8. The Hall–Kier alpha value is -2.01. The van der Waals surface area contributed by atoms with Crippen molar-refractivity contribution in [2.24, 2.45) is 0 Å². The first-order valence-electron chi connectivity index (χ1n) is 8.70. The minimum absolute atomic E-state index is 0.290. The summed E-state index contributed by atoms with van der Waals surface area (Å²) >= 11 is 9.02. The SMILES string of the molecule is COc1cc(C(=O)Nc2nc(-c3cc(Cl)cs3)c(N3CCS(=O)CC3)s2)ccn1. The van der Waals surface area contributed by atoms with Gasteiger partial charge in [-0.3, -0.25) is 14.3 Å². The van der Waals surface area contributed by atoms with Crippen molar-refractivity contribution in [1.29, 1.82) is 0 Å². The van der Waals surface area contributed by atoms with Crippen LogP contribution in [0.5, 0.6) is 5.88 Å². The summed E-state index contributed by atoms with van der Waals surface area (Å²) in [5.74, 6) is 1.33. The summed E-state index contributed by atoms with van der Waals surface area (Å²) in [5, 5.41) is 6.81. The maximum atomic E-state index is 12.7. The Kier molecular flexibility index (Phi) is 6.14. The van der Waals surface area contributed by atoms with Gasteiger partial charge in [-0.1, -0.05) is 22.9 Å². The number of halogens is 1. The van der Waals surface area contributed by atoms with Gasteiger partial charge in [0.25, 0.3) is 5.91 Å². The Morgan fingerprint density at radius 2 is 2.14 bits per heavy atom. The zero-order chi connectivity index (χ0) is 20.4. The second kappa shape index (κ2) is 8.78. The third kappa shape index (κ3) is 4.61. The molecule has 4 rings (SSSR count). The third-order valence-electron chi connectivity index (χ3n) is 4.30. The molecule has 0 bridgehead atoms. The van der Waals surface area contributed by atoms with E-state index in [0.29, 0.717) is 46.2 Å². The first-order chi connectivity index (χ1) is 14.0. The molecule has 11 heteroatoms. The number of anilines is 2. The molecule has 7 nitrogen and oxygen atoms in total. The van der Waals surface area contributed by atoms with Gasteiger partial charge in [-0.15, -0.1) is 11.3 Å². The van der Waals surface area contributed by atoms with Crippen LogP contribution in [0.25, 0.3) is 10.6 Å². The standard InChI is InChI=1S/C18H17ClN4O3S3/c1-26-14-8-11(2-3-20-14)16(24)22-18-21-15(13-9-12(19)10-27-13)17(28-18)23-4-6-29(25)7-5-23/h2-3,8-10H,4-7H2,1H3,(H,21,22,24). The number of rotatable bonds is 5.